The third-order valence-electron chi connectivity index (χ3n) is 6.66. The van der Waals surface area contributed by atoms with Gasteiger partial charge in [-0.2, -0.15) is 4.31 Å². The maximum absolute atomic E-state index is 13.5. The molecule has 1 aliphatic heterocycles. The average molecular weight is 489 g/mol. The van der Waals surface area contributed by atoms with Gasteiger partial charge in [-0.25, -0.2) is 8.42 Å². The van der Waals surface area contributed by atoms with Crippen LogP contribution in [0.1, 0.15) is 11.1 Å². The Kier molecular flexibility index (Phi) is 6.27. The molecule has 8 heteroatoms. The number of nitrogens with one attached hydrogen (secondary N) is 2. The molecule has 4 aromatic rings. The van der Waals surface area contributed by atoms with Gasteiger partial charge in [0.1, 0.15) is 5.69 Å². The SMILES string of the molecule is Cc1ccc(Nc2nnc(-c3ccc(C)c(S(=O)(=O)N4CC[NH+](C)CC4)c3)c3ccccc23)cc1. The lowest BCUT2D eigenvalue weighted by Crippen LogP contribution is -3.12. The van der Waals surface area contributed by atoms with E-state index in [4.69, 9.17) is 0 Å². The summed E-state index contributed by atoms with van der Waals surface area (Å²) < 4.78 is 28.6. The lowest BCUT2D eigenvalue weighted by molar-refractivity contribution is -0.883. The van der Waals surface area contributed by atoms with Crippen LogP contribution in [0, 0.1) is 13.8 Å². The third kappa shape index (κ3) is 4.65. The molecule has 7 nitrogen and oxygen atoms in total. The lowest BCUT2D eigenvalue weighted by Gasteiger charge is -2.29. The van der Waals surface area contributed by atoms with Gasteiger partial charge in [0, 0.05) is 22.0 Å². The van der Waals surface area contributed by atoms with Gasteiger partial charge >= 0.3 is 0 Å². The standard InChI is InChI=1S/C27H29N5O2S/c1-19-8-12-22(13-9-19)28-27-24-7-5-4-6-23(24)26(29-30-27)21-11-10-20(2)25(18-21)35(33,34)32-16-14-31(3)15-17-32/h4-13,18H,14-17H2,1-3H3,(H,28,30)/p+1. The smallest absolute Gasteiger partial charge is 0.243 e. The Bertz CT molecular complexity index is 1480. The van der Waals surface area contributed by atoms with E-state index in [9.17, 15) is 8.42 Å². The molecule has 0 radical (unpaired) electrons. The Hall–Kier alpha value is -3.33. The second-order valence-corrected chi connectivity index (χ2v) is 11.2. The Morgan fingerprint density at radius 1 is 0.886 bits per heavy atom. The molecule has 2 heterocycles. The Labute approximate surface area is 206 Å². The van der Waals surface area contributed by atoms with E-state index in [1.54, 1.807) is 10.4 Å². The van der Waals surface area contributed by atoms with E-state index in [-0.39, 0.29) is 0 Å². The third-order valence-corrected chi connectivity index (χ3v) is 8.70. The zero-order chi connectivity index (χ0) is 24.6. The summed E-state index contributed by atoms with van der Waals surface area (Å²) in [7, 11) is -1.50. The van der Waals surface area contributed by atoms with E-state index in [1.165, 1.54) is 10.5 Å². The number of hydrogen-bond donors (Lipinski definition) is 2. The number of fused-ring (bicyclic) bond motifs is 1. The molecule has 5 rings (SSSR count). The van der Waals surface area contributed by atoms with Crippen molar-refractivity contribution < 1.29 is 13.3 Å². The van der Waals surface area contributed by atoms with Crippen LogP contribution in [0.25, 0.3) is 22.0 Å². The van der Waals surface area contributed by atoms with Gasteiger partial charge in [0.25, 0.3) is 0 Å². The molecule has 3 aromatic carbocycles. The molecular formula is C27H30N5O2S+. The van der Waals surface area contributed by atoms with Crippen LogP contribution in [-0.2, 0) is 10.0 Å². The monoisotopic (exact) mass is 488 g/mol. The molecule has 0 atom stereocenters. The number of aromatic nitrogens is 2. The van der Waals surface area contributed by atoms with Crippen LogP contribution >= 0.6 is 0 Å². The summed E-state index contributed by atoms with van der Waals surface area (Å²) in [6.45, 7) is 6.57. The Morgan fingerprint density at radius 2 is 1.57 bits per heavy atom. The predicted octanol–water partition coefficient (Wildman–Crippen LogP) is 3.18. The van der Waals surface area contributed by atoms with Gasteiger partial charge in [-0.05, 0) is 37.6 Å². The van der Waals surface area contributed by atoms with Crippen molar-refractivity contribution in [3.05, 3.63) is 77.9 Å². The van der Waals surface area contributed by atoms with Crippen molar-refractivity contribution in [1.29, 1.82) is 0 Å². The van der Waals surface area contributed by atoms with E-state index in [0.717, 1.165) is 40.7 Å². The van der Waals surface area contributed by atoms with Crippen LogP contribution in [0.2, 0.25) is 0 Å². The first-order chi connectivity index (χ1) is 16.8. The molecule has 1 aliphatic rings. The summed E-state index contributed by atoms with van der Waals surface area (Å²) in [5.74, 6) is 0.660. The molecule has 180 valence electrons. The molecule has 1 fully saturated rings. The van der Waals surface area contributed by atoms with Crippen molar-refractivity contribution in [2.75, 3.05) is 38.5 Å². The maximum Gasteiger partial charge on any atom is 0.243 e. The lowest BCUT2D eigenvalue weighted by atomic mass is 10.0. The number of hydrogen-bond acceptors (Lipinski definition) is 5. The zero-order valence-corrected chi connectivity index (χ0v) is 21.1. The summed E-state index contributed by atoms with van der Waals surface area (Å²) in [6, 6.07) is 21.6. The van der Waals surface area contributed by atoms with Crippen molar-refractivity contribution in [2.24, 2.45) is 0 Å². The highest BCUT2D eigenvalue weighted by Gasteiger charge is 2.30. The summed E-state index contributed by atoms with van der Waals surface area (Å²) in [5.41, 5.74) is 4.24. The largest absolute Gasteiger partial charge is 0.338 e. The van der Waals surface area contributed by atoms with Gasteiger partial charge in [0.05, 0.1) is 38.1 Å². The van der Waals surface area contributed by atoms with E-state index in [1.807, 2.05) is 67.6 Å². The fourth-order valence-corrected chi connectivity index (χ4v) is 6.15. The number of quaternary nitrogens is 1. The minimum Gasteiger partial charge on any atom is -0.338 e. The molecule has 0 saturated carbocycles. The number of piperazine rings is 1. The quantitative estimate of drug-likeness (QED) is 0.451. The number of benzene rings is 3. The number of anilines is 2. The van der Waals surface area contributed by atoms with Crippen LogP contribution in [-0.4, -0.2) is 56.1 Å². The minimum atomic E-state index is -3.59. The summed E-state index contributed by atoms with van der Waals surface area (Å²) in [6.07, 6.45) is 0. The normalized spacial score (nSPS) is 15.4. The first kappa shape index (κ1) is 23.4. The highest BCUT2D eigenvalue weighted by atomic mass is 32.2. The summed E-state index contributed by atoms with van der Waals surface area (Å²) >= 11 is 0. The van der Waals surface area contributed by atoms with Crippen LogP contribution in [0.3, 0.4) is 0 Å². The van der Waals surface area contributed by atoms with Crippen LogP contribution in [0.15, 0.2) is 71.6 Å². The Morgan fingerprint density at radius 3 is 2.29 bits per heavy atom. The van der Waals surface area contributed by atoms with E-state index >= 15 is 0 Å². The average Bonchev–Trinajstić information content (AvgIpc) is 2.86. The first-order valence-corrected chi connectivity index (χ1v) is 13.3. The van der Waals surface area contributed by atoms with Crippen molar-refractivity contribution in [3.8, 4) is 11.3 Å². The van der Waals surface area contributed by atoms with E-state index in [2.05, 4.69) is 29.5 Å². The highest BCUT2D eigenvalue weighted by Crippen LogP contribution is 2.33. The number of aryl methyl sites for hydroxylation is 2. The van der Waals surface area contributed by atoms with E-state index in [0.29, 0.717) is 29.5 Å². The van der Waals surface area contributed by atoms with Crippen LogP contribution in [0.5, 0.6) is 0 Å². The number of sulfonamides is 1. The number of likely N-dealkylation sites (N-methyl/N-ethyl adjacent to an activating group) is 1. The van der Waals surface area contributed by atoms with Gasteiger partial charge in [-0.1, -0.05) is 54.1 Å². The summed E-state index contributed by atoms with van der Waals surface area (Å²) in [5, 5.41) is 14.2. The van der Waals surface area contributed by atoms with Crippen LogP contribution < -0.4 is 10.2 Å². The Balaban J connectivity index is 1.55. The molecule has 35 heavy (non-hydrogen) atoms. The molecular weight excluding hydrogens is 458 g/mol. The predicted molar refractivity (Wildman–Crippen MR) is 140 cm³/mol. The molecule has 0 aliphatic carbocycles. The van der Waals surface area contributed by atoms with Gasteiger partial charge in [-0.3, -0.25) is 0 Å². The van der Waals surface area contributed by atoms with Crippen molar-refractivity contribution in [1.82, 2.24) is 14.5 Å². The molecule has 1 saturated heterocycles. The molecule has 0 unspecified atom stereocenters. The van der Waals surface area contributed by atoms with Crippen molar-refractivity contribution in [3.63, 3.8) is 0 Å². The fourth-order valence-electron chi connectivity index (χ4n) is 4.46. The first-order valence-electron chi connectivity index (χ1n) is 11.8. The van der Waals surface area contributed by atoms with Gasteiger partial charge in [0.2, 0.25) is 10.0 Å². The zero-order valence-electron chi connectivity index (χ0n) is 20.2. The molecule has 2 N–H and O–H groups in total. The van der Waals surface area contributed by atoms with Gasteiger partial charge in [-0.15, -0.1) is 10.2 Å². The second-order valence-electron chi connectivity index (χ2n) is 9.28. The number of nitrogens with zero attached hydrogens (tertiary/aromatic N) is 3. The highest BCUT2D eigenvalue weighted by molar-refractivity contribution is 7.89. The molecule has 1 aromatic heterocycles. The second kappa shape index (κ2) is 9.37. The maximum atomic E-state index is 13.5. The molecule has 0 bridgehead atoms. The van der Waals surface area contributed by atoms with Crippen LogP contribution in [0.4, 0.5) is 11.5 Å². The van der Waals surface area contributed by atoms with Crippen molar-refractivity contribution in [2.45, 2.75) is 18.7 Å². The fraction of sp³-hybridized carbons (Fsp3) is 0.259. The van der Waals surface area contributed by atoms with E-state index < -0.39 is 10.0 Å². The van der Waals surface area contributed by atoms with Crippen molar-refractivity contribution >= 4 is 32.3 Å². The minimum absolute atomic E-state index is 0.335. The van der Waals surface area contributed by atoms with Gasteiger partial charge < -0.3 is 10.2 Å². The molecule has 0 amide bonds. The van der Waals surface area contributed by atoms with Gasteiger partial charge in [0.15, 0.2) is 5.82 Å². The number of rotatable bonds is 5. The topological polar surface area (TPSA) is 79.6 Å². The molecule has 0 spiro atoms. The summed E-state index contributed by atoms with van der Waals surface area (Å²) in [4.78, 5) is 1.69.